The summed E-state index contributed by atoms with van der Waals surface area (Å²) < 4.78 is 15.0. The van der Waals surface area contributed by atoms with E-state index in [9.17, 15) is 14.4 Å². The van der Waals surface area contributed by atoms with Gasteiger partial charge in [-0.25, -0.2) is 4.79 Å². The average molecular weight is 465 g/mol. The van der Waals surface area contributed by atoms with E-state index in [2.05, 4.69) is 24.5 Å². The summed E-state index contributed by atoms with van der Waals surface area (Å²) in [7, 11) is 2.73. The number of benzene rings is 1. The van der Waals surface area contributed by atoms with Crippen LogP contribution in [0.15, 0.2) is 18.2 Å². The molecule has 0 saturated carbocycles. The Balaban J connectivity index is 3.02. The molecule has 8 nitrogen and oxygen atoms in total. The number of alkyl carbamates (subject to hydrolysis) is 1. The minimum Gasteiger partial charge on any atom is -0.469 e. The van der Waals surface area contributed by atoms with E-state index in [-0.39, 0.29) is 30.8 Å². The van der Waals surface area contributed by atoms with Crippen LogP contribution >= 0.6 is 0 Å². The number of amides is 1. The van der Waals surface area contributed by atoms with Crippen molar-refractivity contribution in [2.24, 2.45) is 5.92 Å². The number of hydrogen-bond acceptors (Lipinski definition) is 7. The van der Waals surface area contributed by atoms with Gasteiger partial charge in [0, 0.05) is 31.1 Å². The summed E-state index contributed by atoms with van der Waals surface area (Å²) in [5.41, 5.74) is 2.21. The molecule has 0 spiro atoms. The van der Waals surface area contributed by atoms with Crippen molar-refractivity contribution in [2.75, 3.05) is 26.1 Å². The average Bonchev–Trinajstić information content (AvgIpc) is 2.72. The molecule has 0 unspecified atom stereocenters. The molecule has 0 aliphatic rings. The molecule has 1 atom stereocenters. The Morgan fingerprint density at radius 2 is 1.58 bits per heavy atom. The lowest BCUT2D eigenvalue weighted by Crippen LogP contribution is -2.43. The van der Waals surface area contributed by atoms with Gasteiger partial charge in [-0.05, 0) is 63.1 Å². The van der Waals surface area contributed by atoms with E-state index in [1.165, 1.54) is 14.2 Å². The quantitative estimate of drug-likeness (QED) is 0.352. The van der Waals surface area contributed by atoms with Gasteiger partial charge in [0.05, 0.1) is 14.2 Å². The van der Waals surface area contributed by atoms with Crippen LogP contribution in [-0.2, 0) is 36.6 Å². The molecular weight excluding hydrogens is 424 g/mol. The second kappa shape index (κ2) is 13.7. The summed E-state index contributed by atoms with van der Waals surface area (Å²) in [5, 5.41) is 6.39. The molecule has 1 amide bonds. The number of aryl methyl sites for hydroxylation is 1. The fourth-order valence-corrected chi connectivity index (χ4v) is 3.47. The highest BCUT2D eigenvalue weighted by molar-refractivity contribution is 5.71. The zero-order valence-electron chi connectivity index (χ0n) is 21.1. The smallest absolute Gasteiger partial charge is 0.407 e. The maximum atomic E-state index is 12.3. The summed E-state index contributed by atoms with van der Waals surface area (Å²) in [6.45, 7) is 10.2. The molecule has 0 saturated heterocycles. The molecule has 1 aromatic carbocycles. The minimum atomic E-state index is -0.574. The van der Waals surface area contributed by atoms with E-state index >= 15 is 0 Å². The van der Waals surface area contributed by atoms with Gasteiger partial charge in [0.25, 0.3) is 0 Å². The molecule has 0 aliphatic carbocycles. The van der Waals surface area contributed by atoms with Crippen LogP contribution in [0.5, 0.6) is 0 Å². The molecule has 0 fully saturated rings. The monoisotopic (exact) mass is 464 g/mol. The summed E-state index contributed by atoms with van der Waals surface area (Å²) in [6.07, 6.45) is 1.78. The molecule has 1 aromatic rings. The van der Waals surface area contributed by atoms with Crippen molar-refractivity contribution >= 4 is 23.7 Å². The molecule has 2 N–H and O–H groups in total. The molecule has 8 heteroatoms. The Hall–Kier alpha value is -2.77. The Kier molecular flexibility index (Phi) is 11.7. The molecule has 0 radical (unpaired) electrons. The largest absolute Gasteiger partial charge is 0.469 e. The predicted octanol–water partition coefficient (Wildman–Crippen LogP) is 4.25. The lowest BCUT2D eigenvalue weighted by atomic mass is 9.96. The molecular formula is C25H40N2O6. The van der Waals surface area contributed by atoms with E-state index in [0.717, 1.165) is 23.2 Å². The van der Waals surface area contributed by atoms with Gasteiger partial charge in [0.1, 0.15) is 5.60 Å². The van der Waals surface area contributed by atoms with E-state index < -0.39 is 11.7 Å². The molecule has 186 valence electrons. The van der Waals surface area contributed by atoms with Crippen LogP contribution in [0.2, 0.25) is 0 Å². The third-order valence-electron chi connectivity index (χ3n) is 4.92. The fraction of sp³-hybridized carbons (Fsp3) is 0.640. The number of hydrogen-bond donors (Lipinski definition) is 2. The Labute approximate surface area is 197 Å². The van der Waals surface area contributed by atoms with Crippen LogP contribution < -0.4 is 10.6 Å². The number of ether oxygens (including phenoxy) is 3. The van der Waals surface area contributed by atoms with E-state index in [1.807, 2.05) is 39.0 Å². The number of esters is 2. The maximum absolute atomic E-state index is 12.3. The van der Waals surface area contributed by atoms with Crippen molar-refractivity contribution in [3.8, 4) is 0 Å². The van der Waals surface area contributed by atoms with E-state index in [1.54, 1.807) is 0 Å². The van der Waals surface area contributed by atoms with E-state index in [0.29, 0.717) is 25.3 Å². The van der Waals surface area contributed by atoms with Crippen LogP contribution in [0.3, 0.4) is 0 Å². The van der Waals surface area contributed by atoms with Crippen LogP contribution in [0.1, 0.15) is 65.0 Å². The number of nitrogens with one attached hydrogen (secondary N) is 2. The van der Waals surface area contributed by atoms with Crippen LogP contribution in [-0.4, -0.2) is 50.4 Å². The first kappa shape index (κ1) is 28.3. The first-order valence-electron chi connectivity index (χ1n) is 11.4. The molecule has 0 bridgehead atoms. The summed E-state index contributed by atoms with van der Waals surface area (Å²) in [6, 6.07) is 5.65. The molecule has 33 heavy (non-hydrogen) atoms. The van der Waals surface area contributed by atoms with Gasteiger partial charge in [-0.3, -0.25) is 9.59 Å². The molecule has 1 rings (SSSR count). The number of carbonyl (C=O) groups excluding carboxylic acids is 3. The second-order valence-corrected chi connectivity index (χ2v) is 9.45. The van der Waals surface area contributed by atoms with Gasteiger partial charge in [0.15, 0.2) is 0 Å². The third kappa shape index (κ3) is 11.6. The second-order valence-electron chi connectivity index (χ2n) is 9.45. The SMILES string of the molecule is COC(=O)CCc1cccc(NC[C@H](CC(C)C)NC(=O)OC(C)(C)C)c1CCC(=O)OC. The van der Waals surface area contributed by atoms with Gasteiger partial charge in [0.2, 0.25) is 0 Å². The Bertz CT molecular complexity index is 786. The van der Waals surface area contributed by atoms with Gasteiger partial charge in [-0.1, -0.05) is 26.0 Å². The van der Waals surface area contributed by atoms with Crippen molar-refractivity contribution < 1.29 is 28.6 Å². The number of rotatable bonds is 12. The summed E-state index contributed by atoms with van der Waals surface area (Å²) in [5.74, 6) is -0.212. The summed E-state index contributed by atoms with van der Waals surface area (Å²) >= 11 is 0. The van der Waals surface area contributed by atoms with Crippen molar-refractivity contribution in [3.05, 3.63) is 29.3 Å². The van der Waals surface area contributed by atoms with E-state index in [4.69, 9.17) is 14.2 Å². The minimum absolute atomic E-state index is 0.146. The maximum Gasteiger partial charge on any atom is 0.407 e. The highest BCUT2D eigenvalue weighted by atomic mass is 16.6. The highest BCUT2D eigenvalue weighted by Gasteiger charge is 2.21. The van der Waals surface area contributed by atoms with Crippen LogP contribution in [0.4, 0.5) is 10.5 Å². The lowest BCUT2D eigenvalue weighted by molar-refractivity contribution is -0.141. The third-order valence-corrected chi connectivity index (χ3v) is 4.92. The highest BCUT2D eigenvalue weighted by Crippen LogP contribution is 2.24. The van der Waals surface area contributed by atoms with Crippen molar-refractivity contribution in [3.63, 3.8) is 0 Å². The topological polar surface area (TPSA) is 103 Å². The summed E-state index contributed by atoms with van der Waals surface area (Å²) in [4.78, 5) is 35.7. The normalized spacial score (nSPS) is 12.1. The van der Waals surface area contributed by atoms with Crippen molar-refractivity contribution in [1.29, 1.82) is 0 Å². The zero-order chi connectivity index (χ0) is 25.0. The van der Waals surface area contributed by atoms with Crippen molar-refractivity contribution in [2.45, 2.75) is 78.4 Å². The van der Waals surface area contributed by atoms with Gasteiger partial charge < -0.3 is 24.8 Å². The Morgan fingerprint density at radius 3 is 2.12 bits per heavy atom. The molecule has 0 aliphatic heterocycles. The predicted molar refractivity (Wildman–Crippen MR) is 128 cm³/mol. The Morgan fingerprint density at radius 1 is 0.970 bits per heavy atom. The van der Waals surface area contributed by atoms with Gasteiger partial charge in [-0.15, -0.1) is 0 Å². The number of methoxy groups -OCH3 is 2. The van der Waals surface area contributed by atoms with Crippen LogP contribution in [0.25, 0.3) is 0 Å². The lowest BCUT2D eigenvalue weighted by Gasteiger charge is -2.26. The van der Waals surface area contributed by atoms with Crippen molar-refractivity contribution in [1.82, 2.24) is 5.32 Å². The first-order chi connectivity index (χ1) is 15.4. The standard InChI is InChI=1S/C25H40N2O6/c1-17(2)15-19(27-24(30)33-25(3,4)5)16-26-21-10-8-9-18(11-13-22(28)31-6)20(21)12-14-23(29)32-7/h8-10,17,19,26H,11-16H2,1-7H3,(H,27,30)/t19-/m0/s1. The zero-order valence-corrected chi connectivity index (χ0v) is 21.1. The first-order valence-corrected chi connectivity index (χ1v) is 11.4. The van der Waals surface area contributed by atoms with Gasteiger partial charge in [-0.2, -0.15) is 0 Å². The number of carbonyl (C=O) groups is 3. The molecule has 0 heterocycles. The fourth-order valence-electron chi connectivity index (χ4n) is 3.47. The molecule has 0 aromatic heterocycles. The number of anilines is 1. The van der Waals surface area contributed by atoms with Gasteiger partial charge >= 0.3 is 18.0 Å². The van der Waals surface area contributed by atoms with Crippen LogP contribution in [0, 0.1) is 5.92 Å².